The van der Waals surface area contributed by atoms with Crippen LogP contribution in [0.4, 0.5) is 0 Å². The first kappa shape index (κ1) is 21.5. The summed E-state index contributed by atoms with van der Waals surface area (Å²) in [4.78, 5) is 12.8. The van der Waals surface area contributed by atoms with Gasteiger partial charge in [-0.15, -0.1) is 0 Å². The van der Waals surface area contributed by atoms with E-state index < -0.39 is 5.54 Å². The first-order chi connectivity index (χ1) is 14.0. The molecule has 0 atom stereocenters. The van der Waals surface area contributed by atoms with Crippen molar-refractivity contribution in [2.24, 2.45) is 5.73 Å². The number of benzene rings is 2. The van der Waals surface area contributed by atoms with Crippen LogP contribution >= 0.6 is 0 Å². The molecule has 29 heavy (non-hydrogen) atoms. The van der Waals surface area contributed by atoms with E-state index in [0.717, 1.165) is 35.3 Å². The van der Waals surface area contributed by atoms with Crippen LogP contribution in [-0.4, -0.2) is 41.4 Å². The summed E-state index contributed by atoms with van der Waals surface area (Å²) in [5.41, 5.74) is 9.24. The lowest BCUT2D eigenvalue weighted by molar-refractivity contribution is 0.104. The SMILES string of the molecule is CCCCCCOc1ccc2c(c1)C(=O)c1ccc(CCC(N)(CO)CO)cc1-2. The van der Waals surface area contributed by atoms with Gasteiger partial charge in [0.2, 0.25) is 0 Å². The van der Waals surface area contributed by atoms with Crippen LogP contribution < -0.4 is 10.5 Å². The molecule has 2 aromatic carbocycles. The van der Waals surface area contributed by atoms with Gasteiger partial charge in [0.1, 0.15) is 5.75 Å². The average Bonchev–Trinajstić information content (AvgIpc) is 3.03. The molecule has 4 N–H and O–H groups in total. The van der Waals surface area contributed by atoms with Gasteiger partial charge in [0.25, 0.3) is 0 Å². The molecule has 0 aromatic heterocycles. The van der Waals surface area contributed by atoms with Gasteiger partial charge in [-0.3, -0.25) is 4.79 Å². The number of nitrogens with two attached hydrogens (primary N) is 1. The Morgan fingerprint density at radius 2 is 1.69 bits per heavy atom. The summed E-state index contributed by atoms with van der Waals surface area (Å²) in [6.07, 6.45) is 5.67. The third kappa shape index (κ3) is 4.86. The molecule has 0 unspecified atom stereocenters. The number of rotatable bonds is 11. The molecule has 0 saturated heterocycles. The van der Waals surface area contributed by atoms with Crippen LogP contribution in [0, 0.1) is 0 Å². The molecule has 0 aliphatic heterocycles. The van der Waals surface area contributed by atoms with Crippen LogP contribution in [0.15, 0.2) is 36.4 Å². The van der Waals surface area contributed by atoms with Crippen LogP contribution in [0.1, 0.15) is 60.5 Å². The standard InChI is InChI=1S/C24H31NO4/c1-2-3-4-5-12-29-18-7-9-19-21-13-17(10-11-24(25,15-26)16-27)6-8-20(21)23(28)22(19)14-18/h6-9,13-14,26-27H,2-5,10-12,15-16,25H2,1H3. The van der Waals surface area contributed by atoms with Gasteiger partial charge in [0, 0.05) is 11.1 Å². The van der Waals surface area contributed by atoms with E-state index >= 15 is 0 Å². The van der Waals surface area contributed by atoms with Crippen molar-refractivity contribution in [3.05, 3.63) is 53.1 Å². The van der Waals surface area contributed by atoms with Crippen molar-refractivity contribution in [3.8, 4) is 16.9 Å². The van der Waals surface area contributed by atoms with Crippen molar-refractivity contribution < 1.29 is 19.7 Å². The molecule has 2 aromatic rings. The summed E-state index contributed by atoms with van der Waals surface area (Å²) in [6.45, 7) is 2.32. The Labute approximate surface area is 172 Å². The van der Waals surface area contributed by atoms with Gasteiger partial charge in [-0.05, 0) is 54.2 Å². The van der Waals surface area contributed by atoms with Crippen molar-refractivity contribution in [2.45, 2.75) is 51.0 Å². The van der Waals surface area contributed by atoms with Crippen LogP contribution in [-0.2, 0) is 6.42 Å². The Hall–Kier alpha value is -2.21. The summed E-state index contributed by atoms with van der Waals surface area (Å²) in [5, 5.41) is 18.7. The Bertz CT molecular complexity index is 858. The maximum atomic E-state index is 12.8. The molecular weight excluding hydrogens is 366 g/mol. The molecule has 0 saturated carbocycles. The minimum atomic E-state index is -0.990. The molecule has 0 heterocycles. The maximum absolute atomic E-state index is 12.8. The molecule has 0 bridgehead atoms. The summed E-state index contributed by atoms with van der Waals surface area (Å²) in [6, 6.07) is 11.5. The number of aryl methyl sites for hydroxylation is 1. The van der Waals surface area contributed by atoms with Gasteiger partial charge in [-0.25, -0.2) is 0 Å². The van der Waals surface area contributed by atoms with Crippen molar-refractivity contribution in [2.75, 3.05) is 19.8 Å². The number of hydrogen-bond donors (Lipinski definition) is 3. The third-order valence-electron chi connectivity index (χ3n) is 5.66. The van der Waals surface area contributed by atoms with E-state index in [1.807, 2.05) is 36.4 Å². The van der Waals surface area contributed by atoms with Crippen molar-refractivity contribution >= 4 is 5.78 Å². The molecule has 5 heteroatoms. The Morgan fingerprint density at radius 3 is 2.41 bits per heavy atom. The van der Waals surface area contributed by atoms with Gasteiger partial charge in [0.15, 0.2) is 5.78 Å². The van der Waals surface area contributed by atoms with Gasteiger partial charge >= 0.3 is 0 Å². The first-order valence-corrected chi connectivity index (χ1v) is 10.5. The highest BCUT2D eigenvalue weighted by atomic mass is 16.5. The maximum Gasteiger partial charge on any atom is 0.194 e. The summed E-state index contributed by atoms with van der Waals surface area (Å²) in [5.74, 6) is 0.761. The number of aliphatic hydroxyl groups is 2. The minimum Gasteiger partial charge on any atom is -0.494 e. The highest BCUT2D eigenvalue weighted by Crippen LogP contribution is 2.39. The van der Waals surface area contributed by atoms with Crippen LogP contribution in [0.5, 0.6) is 5.75 Å². The quantitative estimate of drug-likeness (QED) is 0.431. The molecule has 0 fully saturated rings. The zero-order valence-electron chi connectivity index (χ0n) is 17.1. The number of aliphatic hydroxyl groups excluding tert-OH is 2. The summed E-state index contributed by atoms with van der Waals surface area (Å²) in [7, 11) is 0. The fraction of sp³-hybridized carbons (Fsp3) is 0.458. The number of carbonyl (C=O) groups is 1. The number of hydrogen-bond acceptors (Lipinski definition) is 5. The minimum absolute atomic E-state index is 0.0249. The zero-order valence-corrected chi connectivity index (χ0v) is 17.1. The first-order valence-electron chi connectivity index (χ1n) is 10.5. The van der Waals surface area contributed by atoms with Gasteiger partial charge in [0.05, 0.1) is 25.4 Å². The molecule has 1 aliphatic rings. The second-order valence-electron chi connectivity index (χ2n) is 8.00. The highest BCUT2D eigenvalue weighted by Gasteiger charge is 2.28. The second-order valence-corrected chi connectivity index (χ2v) is 8.00. The molecule has 3 rings (SSSR count). The molecule has 0 spiro atoms. The second kappa shape index (κ2) is 9.53. The molecule has 1 aliphatic carbocycles. The number of ether oxygens (including phenoxy) is 1. The van der Waals surface area contributed by atoms with Crippen molar-refractivity contribution in [1.82, 2.24) is 0 Å². The Balaban J connectivity index is 1.73. The van der Waals surface area contributed by atoms with Crippen molar-refractivity contribution in [1.29, 1.82) is 0 Å². The monoisotopic (exact) mass is 397 g/mol. The molecule has 156 valence electrons. The van der Waals surface area contributed by atoms with E-state index in [0.29, 0.717) is 30.6 Å². The number of ketones is 1. The molecular formula is C24H31NO4. The van der Waals surface area contributed by atoms with Crippen molar-refractivity contribution in [3.63, 3.8) is 0 Å². The highest BCUT2D eigenvalue weighted by molar-refractivity contribution is 6.21. The lowest BCUT2D eigenvalue weighted by atomic mass is 9.92. The molecule has 5 nitrogen and oxygen atoms in total. The smallest absolute Gasteiger partial charge is 0.194 e. The van der Waals surface area contributed by atoms with Gasteiger partial charge in [-0.2, -0.15) is 0 Å². The van der Waals surface area contributed by atoms with Gasteiger partial charge in [-0.1, -0.05) is 44.4 Å². The lowest BCUT2D eigenvalue weighted by Gasteiger charge is -2.24. The predicted molar refractivity (Wildman–Crippen MR) is 114 cm³/mol. The normalized spacial score (nSPS) is 12.8. The van der Waals surface area contributed by atoms with E-state index in [9.17, 15) is 15.0 Å². The molecule has 0 radical (unpaired) electrons. The number of carbonyl (C=O) groups excluding carboxylic acids is 1. The summed E-state index contributed by atoms with van der Waals surface area (Å²) < 4.78 is 5.84. The third-order valence-corrected chi connectivity index (χ3v) is 5.66. The average molecular weight is 398 g/mol. The predicted octanol–water partition coefficient (Wildman–Crippen LogP) is 3.47. The largest absolute Gasteiger partial charge is 0.494 e. The lowest BCUT2D eigenvalue weighted by Crippen LogP contribution is -2.47. The number of unbranched alkanes of at least 4 members (excludes halogenated alkanes) is 3. The number of fused-ring (bicyclic) bond motifs is 3. The molecule has 0 amide bonds. The van der Waals surface area contributed by atoms with E-state index in [2.05, 4.69) is 6.92 Å². The zero-order chi connectivity index (χ0) is 20.9. The van der Waals surface area contributed by atoms with E-state index in [1.54, 1.807) is 0 Å². The van der Waals surface area contributed by atoms with Crippen LogP contribution in [0.25, 0.3) is 11.1 Å². The summed E-state index contributed by atoms with van der Waals surface area (Å²) >= 11 is 0. The van der Waals surface area contributed by atoms with E-state index in [1.165, 1.54) is 12.8 Å². The van der Waals surface area contributed by atoms with Crippen LogP contribution in [0.3, 0.4) is 0 Å². The van der Waals surface area contributed by atoms with Crippen LogP contribution in [0.2, 0.25) is 0 Å². The van der Waals surface area contributed by atoms with E-state index in [4.69, 9.17) is 10.5 Å². The fourth-order valence-corrected chi connectivity index (χ4v) is 3.67. The fourth-order valence-electron chi connectivity index (χ4n) is 3.67. The topological polar surface area (TPSA) is 92.8 Å². The van der Waals surface area contributed by atoms with E-state index in [-0.39, 0.29) is 19.0 Å². The Kier molecular flexibility index (Phi) is 7.06. The van der Waals surface area contributed by atoms with Gasteiger partial charge < -0.3 is 20.7 Å². The Morgan fingerprint density at radius 1 is 0.931 bits per heavy atom.